The van der Waals surface area contributed by atoms with Crippen molar-refractivity contribution in [3.8, 4) is 0 Å². The van der Waals surface area contributed by atoms with E-state index in [1.807, 2.05) is 18.2 Å². The van der Waals surface area contributed by atoms with Gasteiger partial charge in [-0.2, -0.15) is 0 Å². The lowest BCUT2D eigenvalue weighted by atomic mass is 10.2. The first-order valence-electron chi connectivity index (χ1n) is 6.77. The van der Waals surface area contributed by atoms with Gasteiger partial charge in [0.2, 0.25) is 0 Å². The van der Waals surface area contributed by atoms with Crippen molar-refractivity contribution in [1.29, 1.82) is 0 Å². The standard InChI is InChI=1S/C15H15ClN4O/c16-14-13(7-10(17)8-19-14)15(21)20(12-4-5-12)9-11-3-1-2-6-18-11/h1-3,6-8,12H,4-5,9,17H2. The van der Waals surface area contributed by atoms with Crippen LogP contribution in [0.15, 0.2) is 36.7 Å². The zero-order valence-electron chi connectivity index (χ0n) is 11.4. The minimum Gasteiger partial charge on any atom is -0.397 e. The Bertz CT molecular complexity index is 658. The van der Waals surface area contributed by atoms with Gasteiger partial charge < -0.3 is 10.6 Å². The monoisotopic (exact) mass is 302 g/mol. The molecule has 2 heterocycles. The summed E-state index contributed by atoms with van der Waals surface area (Å²) in [6.45, 7) is 0.468. The molecule has 0 saturated heterocycles. The largest absolute Gasteiger partial charge is 0.397 e. The SMILES string of the molecule is Nc1cnc(Cl)c(C(=O)N(Cc2ccccn2)C2CC2)c1. The highest BCUT2D eigenvalue weighted by molar-refractivity contribution is 6.32. The Morgan fingerprint density at radius 2 is 2.19 bits per heavy atom. The van der Waals surface area contributed by atoms with Crippen molar-refractivity contribution in [2.24, 2.45) is 0 Å². The normalized spacial score (nSPS) is 14.0. The number of hydrogen-bond donors (Lipinski definition) is 1. The quantitative estimate of drug-likeness (QED) is 0.881. The fourth-order valence-electron chi connectivity index (χ4n) is 2.19. The van der Waals surface area contributed by atoms with E-state index in [0.717, 1.165) is 18.5 Å². The minimum absolute atomic E-state index is 0.145. The number of carbonyl (C=O) groups excluding carboxylic acids is 1. The van der Waals surface area contributed by atoms with Crippen molar-refractivity contribution in [3.63, 3.8) is 0 Å². The maximum Gasteiger partial charge on any atom is 0.257 e. The summed E-state index contributed by atoms with van der Waals surface area (Å²) in [5.41, 5.74) is 7.33. The number of pyridine rings is 2. The predicted octanol–water partition coefficient (Wildman–Crippen LogP) is 2.52. The number of rotatable bonds is 4. The molecule has 0 aromatic carbocycles. The van der Waals surface area contributed by atoms with Crippen LogP contribution >= 0.6 is 11.6 Å². The van der Waals surface area contributed by atoms with Crippen LogP contribution in [0.5, 0.6) is 0 Å². The molecule has 2 aromatic heterocycles. The molecular weight excluding hydrogens is 288 g/mol. The molecule has 1 fully saturated rings. The summed E-state index contributed by atoms with van der Waals surface area (Å²) < 4.78 is 0. The molecule has 21 heavy (non-hydrogen) atoms. The summed E-state index contributed by atoms with van der Waals surface area (Å²) in [4.78, 5) is 22.7. The van der Waals surface area contributed by atoms with E-state index in [0.29, 0.717) is 17.8 Å². The van der Waals surface area contributed by atoms with Crippen LogP contribution in [0, 0.1) is 0 Å². The Hall–Kier alpha value is -2.14. The maximum atomic E-state index is 12.7. The lowest BCUT2D eigenvalue weighted by molar-refractivity contribution is 0.0727. The van der Waals surface area contributed by atoms with Crippen molar-refractivity contribution in [3.05, 3.63) is 53.1 Å². The van der Waals surface area contributed by atoms with Crippen LogP contribution < -0.4 is 5.73 Å². The highest BCUT2D eigenvalue weighted by atomic mass is 35.5. The van der Waals surface area contributed by atoms with Crippen molar-refractivity contribution in [2.45, 2.75) is 25.4 Å². The van der Waals surface area contributed by atoms with E-state index in [9.17, 15) is 4.79 Å². The lowest BCUT2D eigenvalue weighted by Gasteiger charge is -2.22. The summed E-state index contributed by atoms with van der Waals surface area (Å²) in [5.74, 6) is -0.145. The third-order valence-electron chi connectivity index (χ3n) is 3.40. The zero-order chi connectivity index (χ0) is 14.8. The second-order valence-electron chi connectivity index (χ2n) is 5.09. The van der Waals surface area contributed by atoms with Gasteiger partial charge in [-0.25, -0.2) is 4.98 Å². The lowest BCUT2D eigenvalue weighted by Crippen LogP contribution is -2.33. The van der Waals surface area contributed by atoms with Gasteiger partial charge in [0.1, 0.15) is 5.15 Å². The first-order valence-corrected chi connectivity index (χ1v) is 7.15. The molecule has 2 N–H and O–H groups in total. The van der Waals surface area contributed by atoms with E-state index in [4.69, 9.17) is 17.3 Å². The minimum atomic E-state index is -0.145. The molecule has 0 atom stereocenters. The van der Waals surface area contributed by atoms with E-state index in [2.05, 4.69) is 9.97 Å². The molecule has 5 nitrogen and oxygen atoms in total. The van der Waals surface area contributed by atoms with Crippen LogP contribution in [-0.2, 0) is 6.54 Å². The van der Waals surface area contributed by atoms with Crippen LogP contribution in [0.3, 0.4) is 0 Å². The average Bonchev–Trinajstić information content (AvgIpc) is 3.32. The molecule has 6 heteroatoms. The fraction of sp³-hybridized carbons (Fsp3) is 0.267. The predicted molar refractivity (Wildman–Crippen MR) is 80.8 cm³/mol. The Morgan fingerprint density at radius 3 is 2.86 bits per heavy atom. The number of halogens is 1. The van der Waals surface area contributed by atoms with Gasteiger partial charge in [-0.05, 0) is 31.0 Å². The summed E-state index contributed by atoms with van der Waals surface area (Å²) in [6, 6.07) is 7.49. The summed E-state index contributed by atoms with van der Waals surface area (Å²) in [6.07, 6.45) is 5.18. The number of aromatic nitrogens is 2. The summed E-state index contributed by atoms with van der Waals surface area (Å²) >= 11 is 6.03. The van der Waals surface area contributed by atoms with E-state index in [-0.39, 0.29) is 17.1 Å². The third kappa shape index (κ3) is 3.13. The number of anilines is 1. The highest BCUT2D eigenvalue weighted by Gasteiger charge is 2.34. The van der Waals surface area contributed by atoms with Crippen molar-refractivity contribution in [2.75, 3.05) is 5.73 Å². The molecule has 0 aliphatic heterocycles. The van der Waals surface area contributed by atoms with Crippen molar-refractivity contribution in [1.82, 2.24) is 14.9 Å². The molecule has 1 aliphatic rings. The van der Waals surface area contributed by atoms with Crippen LogP contribution in [0.1, 0.15) is 28.9 Å². The third-order valence-corrected chi connectivity index (χ3v) is 3.70. The average molecular weight is 303 g/mol. The number of hydrogen-bond acceptors (Lipinski definition) is 4. The van der Waals surface area contributed by atoms with E-state index >= 15 is 0 Å². The number of nitrogens with two attached hydrogens (primary N) is 1. The molecule has 108 valence electrons. The topological polar surface area (TPSA) is 72.1 Å². The van der Waals surface area contributed by atoms with E-state index < -0.39 is 0 Å². The Balaban J connectivity index is 1.87. The van der Waals surface area contributed by atoms with Gasteiger partial charge in [-0.1, -0.05) is 17.7 Å². The number of nitrogen functional groups attached to an aromatic ring is 1. The molecule has 3 rings (SSSR count). The molecule has 2 aromatic rings. The van der Waals surface area contributed by atoms with E-state index in [1.54, 1.807) is 17.2 Å². The van der Waals surface area contributed by atoms with Gasteiger partial charge in [0, 0.05) is 12.2 Å². The molecule has 0 bridgehead atoms. The van der Waals surface area contributed by atoms with Gasteiger partial charge in [-0.3, -0.25) is 9.78 Å². The van der Waals surface area contributed by atoms with Gasteiger partial charge in [0.25, 0.3) is 5.91 Å². The number of carbonyl (C=O) groups is 1. The fourth-order valence-corrected chi connectivity index (χ4v) is 2.37. The highest BCUT2D eigenvalue weighted by Crippen LogP contribution is 2.31. The maximum absolute atomic E-state index is 12.7. The Labute approximate surface area is 127 Å². The number of nitrogens with zero attached hydrogens (tertiary/aromatic N) is 3. The molecule has 1 aliphatic carbocycles. The molecule has 1 saturated carbocycles. The van der Waals surface area contributed by atoms with Crippen molar-refractivity contribution < 1.29 is 4.79 Å². The zero-order valence-corrected chi connectivity index (χ0v) is 12.1. The van der Waals surface area contributed by atoms with Crippen LogP contribution in [0.25, 0.3) is 0 Å². The van der Waals surface area contributed by atoms with Gasteiger partial charge >= 0.3 is 0 Å². The molecule has 1 amide bonds. The first kappa shape index (κ1) is 13.8. The van der Waals surface area contributed by atoms with Crippen LogP contribution in [0.4, 0.5) is 5.69 Å². The molecular formula is C15H15ClN4O. The van der Waals surface area contributed by atoms with Crippen molar-refractivity contribution >= 4 is 23.2 Å². The second-order valence-corrected chi connectivity index (χ2v) is 5.45. The molecule has 0 radical (unpaired) electrons. The molecule has 0 unspecified atom stereocenters. The Kier molecular flexibility index (Phi) is 3.75. The Morgan fingerprint density at radius 1 is 1.38 bits per heavy atom. The van der Waals surface area contributed by atoms with E-state index in [1.165, 1.54) is 6.20 Å². The summed E-state index contributed by atoms with van der Waals surface area (Å²) in [5, 5.41) is 0.181. The summed E-state index contributed by atoms with van der Waals surface area (Å²) in [7, 11) is 0. The second kappa shape index (κ2) is 5.69. The van der Waals surface area contributed by atoms with Gasteiger partial charge in [-0.15, -0.1) is 0 Å². The molecule has 0 spiro atoms. The first-order chi connectivity index (χ1) is 10.1. The van der Waals surface area contributed by atoms with Gasteiger partial charge in [0.15, 0.2) is 0 Å². The number of amides is 1. The van der Waals surface area contributed by atoms with Gasteiger partial charge in [0.05, 0.1) is 29.7 Å². The van der Waals surface area contributed by atoms with Crippen LogP contribution in [0.2, 0.25) is 5.15 Å². The smallest absolute Gasteiger partial charge is 0.257 e. The van der Waals surface area contributed by atoms with Crippen LogP contribution in [-0.4, -0.2) is 26.8 Å².